The fourth-order valence-corrected chi connectivity index (χ4v) is 4.84. The van der Waals surface area contributed by atoms with Gasteiger partial charge >= 0.3 is 0 Å². The number of aromatic hydroxyl groups is 1. The molecule has 3 heterocycles. The van der Waals surface area contributed by atoms with E-state index in [1.54, 1.807) is 23.4 Å². The number of phenols is 1. The van der Waals surface area contributed by atoms with Crippen LogP contribution in [0, 0.1) is 5.82 Å². The van der Waals surface area contributed by atoms with Crippen molar-refractivity contribution in [2.45, 2.75) is 31.1 Å². The number of amides is 1. The van der Waals surface area contributed by atoms with E-state index in [1.165, 1.54) is 6.07 Å². The van der Waals surface area contributed by atoms with Crippen molar-refractivity contribution in [3.05, 3.63) is 75.7 Å². The number of benzene rings is 1. The smallest absolute Gasteiger partial charge is 0.256 e. The van der Waals surface area contributed by atoms with Crippen molar-refractivity contribution < 1.29 is 14.3 Å². The number of rotatable bonds is 2. The van der Waals surface area contributed by atoms with Gasteiger partial charge in [-0.1, -0.05) is 0 Å². The first kappa shape index (κ1) is 19.4. The number of fused-ring (bicyclic) bond motifs is 2. The summed E-state index contributed by atoms with van der Waals surface area (Å²) in [6, 6.07) is 7.08. The third-order valence-electron chi connectivity index (χ3n) is 6.35. The van der Waals surface area contributed by atoms with E-state index in [-0.39, 0.29) is 16.9 Å². The lowest BCUT2D eigenvalue weighted by Gasteiger charge is -2.40. The molecule has 0 saturated carbocycles. The van der Waals surface area contributed by atoms with E-state index < -0.39 is 17.1 Å². The first-order valence-electron chi connectivity index (χ1n) is 10.3. The molecule has 8 heteroatoms. The molecule has 5 rings (SSSR count). The van der Waals surface area contributed by atoms with Gasteiger partial charge in [0.15, 0.2) is 0 Å². The van der Waals surface area contributed by atoms with Crippen molar-refractivity contribution in [2.24, 2.45) is 0 Å². The molecule has 1 unspecified atom stereocenters. The van der Waals surface area contributed by atoms with Gasteiger partial charge in [0.05, 0.1) is 11.3 Å². The first-order chi connectivity index (χ1) is 15.0. The van der Waals surface area contributed by atoms with Crippen LogP contribution in [0.15, 0.2) is 47.5 Å². The number of pyridine rings is 1. The predicted octanol–water partition coefficient (Wildman–Crippen LogP) is 2.80. The Bertz CT molecular complexity index is 1230. The summed E-state index contributed by atoms with van der Waals surface area (Å²) in [5, 5.41) is 9.70. The number of aromatic nitrogens is 3. The van der Waals surface area contributed by atoms with Crippen molar-refractivity contribution in [3.8, 4) is 17.1 Å². The Morgan fingerprint density at radius 2 is 2.13 bits per heavy atom. The van der Waals surface area contributed by atoms with Gasteiger partial charge < -0.3 is 15.0 Å². The van der Waals surface area contributed by atoms with Gasteiger partial charge in [0, 0.05) is 42.0 Å². The van der Waals surface area contributed by atoms with Crippen molar-refractivity contribution in [2.75, 3.05) is 13.1 Å². The lowest BCUT2D eigenvalue weighted by Crippen LogP contribution is -2.48. The van der Waals surface area contributed by atoms with Crippen molar-refractivity contribution >= 4 is 5.91 Å². The van der Waals surface area contributed by atoms with Crippen LogP contribution in [0.1, 0.15) is 40.9 Å². The van der Waals surface area contributed by atoms with Crippen LogP contribution in [0.2, 0.25) is 0 Å². The molecule has 1 aliphatic heterocycles. The van der Waals surface area contributed by atoms with Gasteiger partial charge in [0.2, 0.25) is 0 Å². The number of halogens is 1. The highest BCUT2D eigenvalue weighted by Gasteiger charge is 2.46. The Labute approximate surface area is 177 Å². The van der Waals surface area contributed by atoms with Crippen LogP contribution in [0.25, 0.3) is 11.4 Å². The van der Waals surface area contributed by atoms with Gasteiger partial charge in [-0.25, -0.2) is 9.37 Å². The van der Waals surface area contributed by atoms with Crippen LogP contribution in [0.5, 0.6) is 5.75 Å². The monoisotopic (exact) mass is 420 g/mol. The van der Waals surface area contributed by atoms with E-state index in [0.29, 0.717) is 37.3 Å². The van der Waals surface area contributed by atoms with Crippen LogP contribution >= 0.6 is 0 Å². The number of H-pyrrole nitrogens is 1. The Kier molecular flexibility index (Phi) is 4.57. The number of carbonyl (C=O) groups excluding carboxylic acids is 1. The number of nitrogens with one attached hydrogen (secondary N) is 1. The Morgan fingerprint density at radius 3 is 2.94 bits per heavy atom. The van der Waals surface area contributed by atoms with E-state index in [1.807, 2.05) is 6.07 Å². The van der Waals surface area contributed by atoms with Crippen molar-refractivity contribution in [1.29, 1.82) is 0 Å². The minimum atomic E-state index is -0.664. The van der Waals surface area contributed by atoms with E-state index in [9.17, 15) is 19.1 Å². The van der Waals surface area contributed by atoms with Gasteiger partial charge in [-0.15, -0.1) is 0 Å². The molecule has 0 bridgehead atoms. The summed E-state index contributed by atoms with van der Waals surface area (Å²) in [6.45, 7) is 0.848. The molecule has 1 aliphatic carbocycles. The molecule has 3 aromatic rings. The summed E-state index contributed by atoms with van der Waals surface area (Å²) in [5.41, 5.74) is 1.35. The minimum Gasteiger partial charge on any atom is -0.508 e. The van der Waals surface area contributed by atoms with E-state index in [4.69, 9.17) is 4.98 Å². The zero-order valence-electron chi connectivity index (χ0n) is 16.8. The Balaban J connectivity index is 1.52. The SMILES string of the molecule is O=C(c1cc(O)ccc1F)N1CCCC2(CCc3c2nc(-c2cccnc2)[nH]c3=O)C1. The fourth-order valence-electron chi connectivity index (χ4n) is 4.84. The van der Waals surface area contributed by atoms with E-state index >= 15 is 0 Å². The summed E-state index contributed by atoms with van der Waals surface area (Å²) in [4.78, 5) is 39.2. The molecule has 1 saturated heterocycles. The fraction of sp³-hybridized carbons (Fsp3) is 0.304. The molecular weight excluding hydrogens is 399 g/mol. The molecule has 1 aromatic carbocycles. The first-order valence-corrected chi connectivity index (χ1v) is 10.3. The normalized spacial score (nSPS) is 20.1. The Morgan fingerprint density at radius 1 is 1.26 bits per heavy atom. The molecule has 1 fully saturated rings. The number of likely N-dealkylation sites (tertiary alicyclic amines) is 1. The van der Waals surface area contributed by atoms with Crippen LogP contribution in [0.3, 0.4) is 0 Å². The van der Waals surface area contributed by atoms with Gasteiger partial charge in [-0.2, -0.15) is 0 Å². The van der Waals surface area contributed by atoms with Crippen LogP contribution in [-0.4, -0.2) is 44.0 Å². The second kappa shape index (κ2) is 7.30. The highest BCUT2D eigenvalue weighted by atomic mass is 19.1. The third kappa shape index (κ3) is 3.28. The van der Waals surface area contributed by atoms with Crippen molar-refractivity contribution in [1.82, 2.24) is 19.9 Å². The second-order valence-corrected chi connectivity index (χ2v) is 8.26. The molecule has 1 spiro atoms. The molecular formula is C23H21FN4O3. The number of piperidine rings is 1. The maximum atomic E-state index is 14.3. The largest absolute Gasteiger partial charge is 0.508 e. The van der Waals surface area contributed by atoms with Crippen LogP contribution in [-0.2, 0) is 11.8 Å². The van der Waals surface area contributed by atoms with E-state index in [0.717, 1.165) is 36.2 Å². The summed E-state index contributed by atoms with van der Waals surface area (Å²) in [5.74, 6) is -0.821. The average molecular weight is 420 g/mol. The summed E-state index contributed by atoms with van der Waals surface area (Å²) >= 11 is 0. The molecule has 2 N–H and O–H groups in total. The predicted molar refractivity (Wildman–Crippen MR) is 111 cm³/mol. The number of nitrogens with zero attached hydrogens (tertiary/aromatic N) is 3. The quantitative estimate of drug-likeness (QED) is 0.664. The van der Waals surface area contributed by atoms with Gasteiger partial charge in [0.1, 0.15) is 17.4 Å². The number of hydrogen-bond acceptors (Lipinski definition) is 5. The highest BCUT2D eigenvalue weighted by Crippen LogP contribution is 2.43. The zero-order valence-corrected chi connectivity index (χ0v) is 16.8. The maximum absolute atomic E-state index is 14.3. The molecule has 2 aromatic heterocycles. The zero-order chi connectivity index (χ0) is 21.6. The topological polar surface area (TPSA) is 99.2 Å². The molecule has 2 aliphatic rings. The molecule has 158 valence electrons. The number of aromatic amines is 1. The molecule has 1 atom stereocenters. The summed E-state index contributed by atoms with van der Waals surface area (Å²) in [6.07, 6.45) is 6.13. The van der Waals surface area contributed by atoms with Gasteiger partial charge in [0.25, 0.3) is 11.5 Å². The lowest BCUT2D eigenvalue weighted by atomic mass is 9.77. The molecule has 31 heavy (non-hydrogen) atoms. The number of carbonyl (C=O) groups is 1. The van der Waals surface area contributed by atoms with Crippen LogP contribution in [0.4, 0.5) is 4.39 Å². The van der Waals surface area contributed by atoms with Gasteiger partial charge in [-0.05, 0) is 56.0 Å². The number of hydrogen-bond donors (Lipinski definition) is 2. The summed E-state index contributed by atoms with van der Waals surface area (Å²) < 4.78 is 14.3. The minimum absolute atomic E-state index is 0.148. The molecule has 7 nitrogen and oxygen atoms in total. The summed E-state index contributed by atoms with van der Waals surface area (Å²) in [7, 11) is 0. The highest BCUT2D eigenvalue weighted by molar-refractivity contribution is 5.95. The number of phenolic OH excluding ortho intramolecular Hbond substituents is 1. The van der Waals surface area contributed by atoms with Crippen LogP contribution < -0.4 is 5.56 Å². The van der Waals surface area contributed by atoms with Gasteiger partial charge in [-0.3, -0.25) is 14.6 Å². The third-order valence-corrected chi connectivity index (χ3v) is 6.35. The van der Waals surface area contributed by atoms with Crippen molar-refractivity contribution in [3.63, 3.8) is 0 Å². The Hall–Kier alpha value is -3.55. The standard InChI is InChI=1S/C23H21FN4O3/c24-18-5-4-15(29)11-17(18)22(31)28-10-2-7-23(13-28)8-6-16-19(23)26-20(27-21(16)30)14-3-1-9-25-12-14/h1,3-5,9,11-12,29H,2,6-8,10,13H2,(H,26,27,30). The van der Waals surface area contributed by atoms with E-state index in [2.05, 4.69) is 9.97 Å². The molecule has 0 radical (unpaired) electrons. The average Bonchev–Trinajstić information content (AvgIpc) is 3.13. The lowest BCUT2D eigenvalue weighted by molar-refractivity contribution is 0.0628. The molecule has 1 amide bonds. The maximum Gasteiger partial charge on any atom is 0.256 e. The second-order valence-electron chi connectivity index (χ2n) is 8.26.